The van der Waals surface area contributed by atoms with Crippen LogP contribution in [0.4, 0.5) is 5.82 Å². The van der Waals surface area contributed by atoms with Crippen molar-refractivity contribution in [3.63, 3.8) is 0 Å². The van der Waals surface area contributed by atoms with Gasteiger partial charge in [-0.3, -0.25) is 4.79 Å². The molecule has 20 heavy (non-hydrogen) atoms. The molecule has 5 nitrogen and oxygen atoms in total. The van der Waals surface area contributed by atoms with E-state index in [2.05, 4.69) is 9.72 Å². The second-order valence-electron chi connectivity index (χ2n) is 4.97. The Labute approximate surface area is 124 Å². The van der Waals surface area contributed by atoms with Crippen LogP contribution in [0.2, 0.25) is 0 Å². The lowest BCUT2D eigenvalue weighted by Crippen LogP contribution is -2.30. The Morgan fingerprint density at radius 2 is 2.20 bits per heavy atom. The molecular formula is C14H19N3O2S. The number of pyridine rings is 1. The van der Waals surface area contributed by atoms with Gasteiger partial charge in [0.15, 0.2) is 0 Å². The summed E-state index contributed by atoms with van der Waals surface area (Å²) >= 11 is 5.11. The summed E-state index contributed by atoms with van der Waals surface area (Å²) in [5, 5.41) is 0. The van der Waals surface area contributed by atoms with Crippen LogP contribution >= 0.6 is 12.2 Å². The Morgan fingerprint density at radius 1 is 1.50 bits per heavy atom. The Bertz CT molecular complexity index is 545. The van der Waals surface area contributed by atoms with Crippen molar-refractivity contribution in [3.05, 3.63) is 22.9 Å². The van der Waals surface area contributed by atoms with Crippen LogP contribution in [0.25, 0.3) is 0 Å². The highest BCUT2D eigenvalue weighted by atomic mass is 32.1. The van der Waals surface area contributed by atoms with Crippen LogP contribution in [0.5, 0.6) is 0 Å². The Balaban J connectivity index is 2.39. The van der Waals surface area contributed by atoms with Gasteiger partial charge in [-0.15, -0.1) is 0 Å². The number of hydrogen-bond donors (Lipinski definition) is 1. The second-order valence-corrected chi connectivity index (χ2v) is 5.41. The SMILES string of the molecule is COC(=O)CN(C)c1nc2c(cc1C(N)=S)CCCC2. The summed E-state index contributed by atoms with van der Waals surface area (Å²) in [6.07, 6.45) is 4.29. The topological polar surface area (TPSA) is 68.5 Å². The highest BCUT2D eigenvalue weighted by molar-refractivity contribution is 7.80. The van der Waals surface area contributed by atoms with Crippen LogP contribution < -0.4 is 10.6 Å². The summed E-state index contributed by atoms with van der Waals surface area (Å²) < 4.78 is 4.68. The maximum absolute atomic E-state index is 11.4. The molecule has 6 heteroatoms. The van der Waals surface area contributed by atoms with Crippen molar-refractivity contribution in [1.29, 1.82) is 0 Å². The summed E-state index contributed by atoms with van der Waals surface area (Å²) in [5.74, 6) is 0.337. The number of esters is 1. The summed E-state index contributed by atoms with van der Waals surface area (Å²) in [4.78, 5) is 18.1. The van der Waals surface area contributed by atoms with Gasteiger partial charge in [0.25, 0.3) is 0 Å². The number of hydrogen-bond acceptors (Lipinski definition) is 5. The molecule has 0 bridgehead atoms. The molecule has 0 spiro atoms. The van der Waals surface area contributed by atoms with Crippen molar-refractivity contribution in [2.45, 2.75) is 25.7 Å². The molecule has 2 rings (SSSR count). The highest BCUT2D eigenvalue weighted by Crippen LogP contribution is 2.26. The number of likely N-dealkylation sites (N-methyl/N-ethyl adjacent to an activating group) is 1. The first-order valence-electron chi connectivity index (χ1n) is 6.63. The zero-order valence-corrected chi connectivity index (χ0v) is 12.6. The molecule has 1 heterocycles. The first-order valence-corrected chi connectivity index (χ1v) is 7.04. The molecule has 1 aromatic heterocycles. The van der Waals surface area contributed by atoms with Gasteiger partial charge in [-0.1, -0.05) is 12.2 Å². The third-order valence-electron chi connectivity index (χ3n) is 3.50. The van der Waals surface area contributed by atoms with Gasteiger partial charge in [-0.25, -0.2) is 4.98 Å². The Morgan fingerprint density at radius 3 is 2.85 bits per heavy atom. The van der Waals surface area contributed by atoms with Gasteiger partial charge in [0, 0.05) is 12.7 Å². The normalized spacial score (nSPS) is 13.5. The fourth-order valence-corrected chi connectivity index (χ4v) is 2.58. The van der Waals surface area contributed by atoms with Crippen LogP contribution in [0, 0.1) is 0 Å². The molecule has 0 radical (unpaired) electrons. The number of nitrogens with two attached hydrogens (primary N) is 1. The zero-order chi connectivity index (χ0) is 14.7. The first kappa shape index (κ1) is 14.7. The number of aromatic nitrogens is 1. The van der Waals surface area contributed by atoms with Crippen molar-refractivity contribution < 1.29 is 9.53 Å². The lowest BCUT2D eigenvalue weighted by Gasteiger charge is -2.23. The highest BCUT2D eigenvalue weighted by Gasteiger charge is 2.20. The fraction of sp³-hybridized carbons (Fsp3) is 0.500. The van der Waals surface area contributed by atoms with Crippen molar-refractivity contribution in [1.82, 2.24) is 4.98 Å². The van der Waals surface area contributed by atoms with E-state index in [-0.39, 0.29) is 12.5 Å². The van der Waals surface area contributed by atoms with Crippen LogP contribution in [-0.2, 0) is 22.4 Å². The van der Waals surface area contributed by atoms with Crippen LogP contribution in [0.1, 0.15) is 29.7 Å². The lowest BCUT2D eigenvalue weighted by molar-refractivity contribution is -0.138. The lowest BCUT2D eigenvalue weighted by atomic mass is 9.94. The average Bonchev–Trinajstić information content (AvgIpc) is 2.45. The summed E-state index contributed by atoms with van der Waals surface area (Å²) in [7, 11) is 3.15. The van der Waals surface area contributed by atoms with Crippen molar-refractivity contribution in [2.24, 2.45) is 5.73 Å². The van der Waals surface area contributed by atoms with E-state index in [1.54, 1.807) is 11.9 Å². The molecule has 0 saturated carbocycles. The molecule has 1 aromatic rings. The molecule has 0 unspecified atom stereocenters. The van der Waals surface area contributed by atoms with E-state index < -0.39 is 0 Å². The quantitative estimate of drug-likeness (QED) is 0.664. The molecule has 2 N–H and O–H groups in total. The summed E-state index contributed by atoms with van der Waals surface area (Å²) in [6.45, 7) is 0.123. The molecule has 1 aliphatic carbocycles. The largest absolute Gasteiger partial charge is 0.468 e. The molecule has 0 aromatic carbocycles. The van der Waals surface area contributed by atoms with E-state index in [0.717, 1.165) is 30.5 Å². The van der Waals surface area contributed by atoms with Gasteiger partial charge in [0.1, 0.15) is 17.4 Å². The number of anilines is 1. The Kier molecular flexibility index (Phi) is 4.54. The van der Waals surface area contributed by atoms with Gasteiger partial charge < -0.3 is 15.4 Å². The second kappa shape index (κ2) is 6.17. The minimum absolute atomic E-state index is 0.123. The van der Waals surface area contributed by atoms with Crippen molar-refractivity contribution in [3.8, 4) is 0 Å². The van der Waals surface area contributed by atoms with Gasteiger partial charge in [0.05, 0.1) is 12.7 Å². The smallest absolute Gasteiger partial charge is 0.325 e. The van der Waals surface area contributed by atoms with Crippen LogP contribution in [-0.4, -0.2) is 36.6 Å². The molecule has 0 atom stereocenters. The van der Waals surface area contributed by atoms with E-state index in [9.17, 15) is 4.79 Å². The van der Waals surface area contributed by atoms with E-state index in [0.29, 0.717) is 10.8 Å². The van der Waals surface area contributed by atoms with Crippen LogP contribution in [0.15, 0.2) is 6.07 Å². The first-order chi connectivity index (χ1) is 9.52. The van der Waals surface area contributed by atoms with Crippen LogP contribution in [0.3, 0.4) is 0 Å². The number of fused-ring (bicyclic) bond motifs is 1. The van der Waals surface area contributed by atoms with Gasteiger partial charge in [-0.2, -0.15) is 0 Å². The van der Waals surface area contributed by atoms with Gasteiger partial charge in [0.2, 0.25) is 0 Å². The molecule has 0 amide bonds. The number of methoxy groups -OCH3 is 1. The van der Waals surface area contributed by atoms with E-state index in [1.165, 1.54) is 19.1 Å². The number of aryl methyl sites for hydroxylation is 2. The predicted octanol–water partition coefficient (Wildman–Crippen LogP) is 1.20. The van der Waals surface area contributed by atoms with Crippen molar-refractivity contribution >= 4 is 29.0 Å². The molecule has 0 aliphatic heterocycles. The zero-order valence-electron chi connectivity index (χ0n) is 11.8. The number of carbonyl (C=O) groups is 1. The summed E-state index contributed by atoms with van der Waals surface area (Å²) in [5.41, 5.74) is 8.83. The minimum Gasteiger partial charge on any atom is -0.468 e. The number of thiocarbonyl (C=S) groups is 1. The molecule has 0 saturated heterocycles. The van der Waals surface area contributed by atoms with Gasteiger partial charge >= 0.3 is 5.97 Å². The van der Waals surface area contributed by atoms with E-state index in [4.69, 9.17) is 18.0 Å². The van der Waals surface area contributed by atoms with Gasteiger partial charge in [-0.05, 0) is 37.3 Å². The maximum Gasteiger partial charge on any atom is 0.325 e. The van der Waals surface area contributed by atoms with Crippen molar-refractivity contribution in [2.75, 3.05) is 25.6 Å². The third-order valence-corrected chi connectivity index (χ3v) is 3.72. The minimum atomic E-state index is -0.319. The predicted molar refractivity (Wildman–Crippen MR) is 82.1 cm³/mol. The fourth-order valence-electron chi connectivity index (χ4n) is 2.43. The Hall–Kier alpha value is -1.69. The maximum atomic E-state index is 11.4. The standard InChI is InChI=1S/C14H19N3O2S/c1-17(8-12(18)19-2)14-10(13(15)20)7-9-5-3-4-6-11(9)16-14/h7H,3-6,8H2,1-2H3,(H2,15,20). The number of rotatable bonds is 4. The molecular weight excluding hydrogens is 274 g/mol. The molecule has 1 aliphatic rings. The number of carbonyl (C=O) groups excluding carboxylic acids is 1. The third kappa shape index (κ3) is 3.07. The monoisotopic (exact) mass is 293 g/mol. The average molecular weight is 293 g/mol. The number of ether oxygens (including phenoxy) is 1. The summed E-state index contributed by atoms with van der Waals surface area (Å²) in [6, 6.07) is 2.02. The number of nitrogens with zero attached hydrogens (tertiary/aromatic N) is 2. The molecule has 0 fully saturated rings. The van der Waals surface area contributed by atoms with E-state index >= 15 is 0 Å². The van der Waals surface area contributed by atoms with E-state index in [1.807, 2.05) is 6.07 Å². The molecule has 108 valence electrons.